The van der Waals surface area contributed by atoms with E-state index in [0.717, 1.165) is 0 Å². The van der Waals surface area contributed by atoms with Crippen LogP contribution in [0.2, 0.25) is 0 Å². The first-order chi connectivity index (χ1) is 10.6. The molecule has 1 N–H and O–H groups in total. The van der Waals surface area contributed by atoms with E-state index in [4.69, 9.17) is 4.74 Å². The maximum Gasteiger partial charge on any atom is 0.420 e. The van der Waals surface area contributed by atoms with Crippen molar-refractivity contribution in [3.8, 4) is 5.75 Å². The molecular weight excluding hydrogens is 280 g/mol. The summed E-state index contributed by atoms with van der Waals surface area (Å²) in [6, 6.07) is 15.8. The maximum absolute atomic E-state index is 12.6. The molecule has 0 saturated heterocycles. The molecule has 22 heavy (non-hydrogen) atoms. The van der Waals surface area contributed by atoms with Crippen LogP contribution in [-0.2, 0) is 4.79 Å². The lowest BCUT2D eigenvalue weighted by Gasteiger charge is -2.26. The van der Waals surface area contributed by atoms with Crippen molar-refractivity contribution < 1.29 is 14.3 Å². The second-order valence-electron chi connectivity index (χ2n) is 5.17. The fourth-order valence-electron chi connectivity index (χ4n) is 2.50. The number of fused-ring (bicyclic) bond motifs is 1. The van der Waals surface area contributed by atoms with Crippen molar-refractivity contribution in [3.05, 3.63) is 54.6 Å². The molecule has 0 spiro atoms. The van der Waals surface area contributed by atoms with Gasteiger partial charge in [0.2, 0.25) is 5.91 Å². The Labute approximate surface area is 128 Å². The molecule has 1 aliphatic rings. The van der Waals surface area contributed by atoms with Gasteiger partial charge < -0.3 is 10.1 Å². The summed E-state index contributed by atoms with van der Waals surface area (Å²) < 4.78 is 5.42. The highest BCUT2D eigenvalue weighted by Crippen LogP contribution is 2.31. The molecule has 2 aromatic carbocycles. The van der Waals surface area contributed by atoms with E-state index in [-0.39, 0.29) is 18.4 Å². The van der Waals surface area contributed by atoms with Gasteiger partial charge in [-0.05, 0) is 31.2 Å². The fourth-order valence-corrected chi connectivity index (χ4v) is 2.50. The summed E-state index contributed by atoms with van der Waals surface area (Å²) in [5.74, 6) is 0.357. The highest BCUT2D eigenvalue weighted by atomic mass is 16.6. The summed E-state index contributed by atoms with van der Waals surface area (Å²) >= 11 is 0. The van der Waals surface area contributed by atoms with Crippen LogP contribution in [0.1, 0.15) is 13.3 Å². The Morgan fingerprint density at radius 3 is 2.59 bits per heavy atom. The average molecular weight is 296 g/mol. The quantitative estimate of drug-likeness (QED) is 0.877. The van der Waals surface area contributed by atoms with Crippen LogP contribution in [0, 0.1) is 0 Å². The van der Waals surface area contributed by atoms with E-state index in [1.54, 1.807) is 36.4 Å². The van der Waals surface area contributed by atoms with E-state index in [2.05, 4.69) is 5.32 Å². The first kappa shape index (κ1) is 14.1. The Bertz CT molecular complexity index is 700. The number of amides is 2. The van der Waals surface area contributed by atoms with Crippen molar-refractivity contribution in [2.45, 2.75) is 19.4 Å². The van der Waals surface area contributed by atoms with Gasteiger partial charge in [-0.3, -0.25) is 9.69 Å². The molecule has 5 nitrogen and oxygen atoms in total. The second-order valence-corrected chi connectivity index (χ2v) is 5.17. The lowest BCUT2D eigenvalue weighted by molar-refractivity contribution is -0.116. The molecule has 0 saturated carbocycles. The molecule has 0 aromatic heterocycles. The van der Waals surface area contributed by atoms with Crippen LogP contribution in [0.15, 0.2) is 54.6 Å². The highest BCUT2D eigenvalue weighted by molar-refractivity contribution is 6.02. The number of carbonyl (C=O) groups is 2. The van der Waals surface area contributed by atoms with Crippen molar-refractivity contribution in [1.82, 2.24) is 0 Å². The molecule has 1 atom stereocenters. The van der Waals surface area contributed by atoms with Gasteiger partial charge in [0, 0.05) is 12.5 Å². The van der Waals surface area contributed by atoms with Crippen LogP contribution in [0.3, 0.4) is 0 Å². The number of hydrogen-bond acceptors (Lipinski definition) is 3. The number of para-hydroxylation sites is 3. The monoisotopic (exact) mass is 296 g/mol. The largest absolute Gasteiger partial charge is 0.420 e. The number of rotatable bonds is 1. The van der Waals surface area contributed by atoms with Crippen molar-refractivity contribution in [2.24, 2.45) is 0 Å². The molecule has 2 amide bonds. The Hall–Kier alpha value is -2.82. The zero-order chi connectivity index (χ0) is 15.5. The number of hydrogen-bond donors (Lipinski definition) is 1. The lowest BCUT2D eigenvalue weighted by atomic mass is 10.2. The summed E-state index contributed by atoms with van der Waals surface area (Å²) in [5.41, 5.74) is 1.25. The van der Waals surface area contributed by atoms with Crippen LogP contribution in [0.5, 0.6) is 5.75 Å². The summed E-state index contributed by atoms with van der Waals surface area (Å²) in [6.45, 7) is 1.83. The Morgan fingerprint density at radius 1 is 1.14 bits per heavy atom. The Balaban J connectivity index is 1.94. The zero-order valence-electron chi connectivity index (χ0n) is 12.2. The highest BCUT2D eigenvalue weighted by Gasteiger charge is 2.30. The summed E-state index contributed by atoms with van der Waals surface area (Å²) in [4.78, 5) is 26.0. The third kappa shape index (κ3) is 2.79. The summed E-state index contributed by atoms with van der Waals surface area (Å²) in [7, 11) is 0. The second kappa shape index (κ2) is 5.89. The molecule has 0 radical (unpaired) electrons. The van der Waals surface area contributed by atoms with E-state index >= 15 is 0 Å². The number of anilines is 2. The molecule has 2 aromatic rings. The third-order valence-electron chi connectivity index (χ3n) is 3.50. The molecular formula is C17H16N2O3. The number of benzene rings is 2. The van der Waals surface area contributed by atoms with Gasteiger partial charge in [-0.25, -0.2) is 4.79 Å². The number of nitrogens with one attached hydrogen (secondary N) is 1. The first-order valence-electron chi connectivity index (χ1n) is 7.10. The predicted molar refractivity (Wildman–Crippen MR) is 84.1 cm³/mol. The predicted octanol–water partition coefficient (Wildman–Crippen LogP) is 3.42. The molecule has 3 rings (SSSR count). The van der Waals surface area contributed by atoms with Crippen molar-refractivity contribution in [1.29, 1.82) is 0 Å². The van der Waals surface area contributed by atoms with E-state index in [9.17, 15) is 9.59 Å². The first-order valence-corrected chi connectivity index (χ1v) is 7.10. The van der Waals surface area contributed by atoms with Gasteiger partial charge >= 0.3 is 6.09 Å². The molecule has 0 bridgehead atoms. The standard InChI is InChI=1S/C17H16N2O3/c1-12-11-16(20)18-14-9-5-6-10-15(14)19(12)17(21)22-13-7-3-2-4-8-13/h2-10,12H,11H2,1H3,(H,18,20). The lowest BCUT2D eigenvalue weighted by Crippen LogP contribution is -2.40. The van der Waals surface area contributed by atoms with Crippen LogP contribution in [0.4, 0.5) is 16.2 Å². The van der Waals surface area contributed by atoms with Crippen molar-refractivity contribution in [2.75, 3.05) is 10.2 Å². The normalized spacial score (nSPS) is 17.2. The zero-order valence-corrected chi connectivity index (χ0v) is 12.2. The fraction of sp³-hybridized carbons (Fsp3) is 0.176. The van der Waals surface area contributed by atoms with Gasteiger partial charge in [0.15, 0.2) is 0 Å². The third-order valence-corrected chi connectivity index (χ3v) is 3.50. The minimum Gasteiger partial charge on any atom is -0.410 e. The van der Waals surface area contributed by atoms with Gasteiger partial charge in [0.1, 0.15) is 5.75 Å². The van der Waals surface area contributed by atoms with Gasteiger partial charge in [-0.15, -0.1) is 0 Å². The van der Waals surface area contributed by atoms with Gasteiger partial charge in [0.25, 0.3) is 0 Å². The van der Waals surface area contributed by atoms with E-state index in [1.807, 2.05) is 25.1 Å². The van der Waals surface area contributed by atoms with Crippen LogP contribution < -0.4 is 15.0 Å². The van der Waals surface area contributed by atoms with Crippen molar-refractivity contribution >= 4 is 23.4 Å². The van der Waals surface area contributed by atoms with Crippen molar-refractivity contribution in [3.63, 3.8) is 0 Å². The van der Waals surface area contributed by atoms with E-state index in [0.29, 0.717) is 17.1 Å². The Morgan fingerprint density at radius 2 is 1.82 bits per heavy atom. The molecule has 1 aliphatic heterocycles. The van der Waals surface area contributed by atoms with Crippen LogP contribution in [0.25, 0.3) is 0 Å². The van der Waals surface area contributed by atoms with Gasteiger partial charge in [0.05, 0.1) is 11.4 Å². The topological polar surface area (TPSA) is 58.6 Å². The number of nitrogens with zero attached hydrogens (tertiary/aromatic N) is 1. The summed E-state index contributed by atoms with van der Waals surface area (Å²) in [6.07, 6.45) is -0.277. The van der Waals surface area contributed by atoms with E-state index in [1.165, 1.54) is 4.90 Å². The number of ether oxygens (including phenoxy) is 1. The molecule has 112 valence electrons. The van der Waals surface area contributed by atoms with E-state index < -0.39 is 6.09 Å². The molecule has 0 fully saturated rings. The van der Waals surface area contributed by atoms with Crippen LogP contribution >= 0.6 is 0 Å². The van der Waals surface area contributed by atoms with Gasteiger partial charge in [-0.1, -0.05) is 30.3 Å². The Kier molecular flexibility index (Phi) is 3.78. The minimum atomic E-state index is -0.498. The SMILES string of the molecule is CC1CC(=O)Nc2ccccc2N1C(=O)Oc1ccccc1. The molecule has 0 aliphatic carbocycles. The number of carbonyl (C=O) groups excluding carboxylic acids is 2. The smallest absolute Gasteiger partial charge is 0.410 e. The minimum absolute atomic E-state index is 0.116. The molecule has 1 unspecified atom stereocenters. The maximum atomic E-state index is 12.6. The van der Waals surface area contributed by atoms with Gasteiger partial charge in [-0.2, -0.15) is 0 Å². The van der Waals surface area contributed by atoms with Crippen LogP contribution in [-0.4, -0.2) is 18.0 Å². The molecule has 5 heteroatoms. The average Bonchev–Trinajstić information content (AvgIpc) is 2.62. The molecule has 1 heterocycles. The summed E-state index contributed by atoms with van der Waals surface area (Å²) in [5, 5.41) is 2.81.